The molecule has 0 unspecified atom stereocenters. The van der Waals surface area contributed by atoms with Crippen molar-refractivity contribution in [3.63, 3.8) is 0 Å². The quantitative estimate of drug-likeness (QED) is 0.303. The number of aromatic nitrogens is 4. The van der Waals surface area contributed by atoms with E-state index < -0.39 is 0 Å². The summed E-state index contributed by atoms with van der Waals surface area (Å²) in [6.07, 6.45) is 0.833. The van der Waals surface area contributed by atoms with E-state index in [1.54, 1.807) is 4.57 Å². The van der Waals surface area contributed by atoms with Gasteiger partial charge in [0.05, 0.1) is 22.3 Å². The van der Waals surface area contributed by atoms with E-state index in [4.69, 9.17) is 0 Å². The summed E-state index contributed by atoms with van der Waals surface area (Å²) in [5.41, 5.74) is 4.29. The summed E-state index contributed by atoms with van der Waals surface area (Å²) in [7, 11) is 0. The highest BCUT2D eigenvalue weighted by Crippen LogP contribution is 2.27. The van der Waals surface area contributed by atoms with Crippen LogP contribution in [0.1, 0.15) is 37.8 Å². The summed E-state index contributed by atoms with van der Waals surface area (Å²) in [5, 5.41) is 12.9. The van der Waals surface area contributed by atoms with Crippen LogP contribution in [0.15, 0.2) is 82.7 Å². The molecule has 0 aliphatic heterocycles. The van der Waals surface area contributed by atoms with Gasteiger partial charge < -0.3 is 5.32 Å². The van der Waals surface area contributed by atoms with Crippen LogP contribution in [0.25, 0.3) is 22.4 Å². The van der Waals surface area contributed by atoms with Crippen molar-refractivity contribution in [2.45, 2.75) is 38.3 Å². The topological polar surface area (TPSA) is 81.3 Å². The number of hydrogen-bond acceptors (Lipinski definition) is 5. The number of aryl methyl sites for hydroxylation is 1. The van der Waals surface area contributed by atoms with Gasteiger partial charge in [0.2, 0.25) is 11.7 Å². The van der Waals surface area contributed by atoms with Gasteiger partial charge in [0.25, 0.3) is 5.56 Å². The molecule has 8 heteroatoms. The Morgan fingerprint density at radius 1 is 0.972 bits per heavy atom. The van der Waals surface area contributed by atoms with E-state index in [-0.39, 0.29) is 23.1 Å². The van der Waals surface area contributed by atoms with E-state index in [0.29, 0.717) is 21.8 Å². The number of anilines is 1. The summed E-state index contributed by atoms with van der Waals surface area (Å²) in [5.74, 6) is 0.673. The number of benzene rings is 3. The van der Waals surface area contributed by atoms with Crippen LogP contribution < -0.4 is 10.9 Å². The lowest BCUT2D eigenvalue weighted by Gasteiger charge is -2.16. The Kier molecular flexibility index (Phi) is 6.61. The molecule has 1 amide bonds. The second-order valence-corrected chi connectivity index (χ2v) is 9.78. The first-order valence-electron chi connectivity index (χ1n) is 12.0. The maximum atomic E-state index is 13.7. The minimum Gasteiger partial charge on any atom is -0.325 e. The number of para-hydroxylation sites is 3. The predicted octanol–water partition coefficient (Wildman–Crippen LogP) is 5.45. The van der Waals surface area contributed by atoms with E-state index in [9.17, 15) is 9.59 Å². The third kappa shape index (κ3) is 4.28. The van der Waals surface area contributed by atoms with Crippen molar-refractivity contribution in [2.75, 3.05) is 11.1 Å². The zero-order valence-corrected chi connectivity index (χ0v) is 21.2. The molecule has 182 valence electrons. The van der Waals surface area contributed by atoms with Crippen molar-refractivity contribution in [1.82, 2.24) is 19.2 Å². The number of carbonyl (C=O) groups excluding carboxylic acids is 1. The summed E-state index contributed by atoms with van der Waals surface area (Å²) in [6.45, 7) is 6.26. The lowest BCUT2D eigenvalue weighted by Crippen LogP contribution is -2.23. The third-order valence-corrected chi connectivity index (χ3v) is 7.13. The SMILES string of the molecule is CCc1ccccc1NC(=O)CSc1nnc2n(-c3ccccc3C(C)C)c(=O)c3ccccc3n12. The minimum absolute atomic E-state index is 0.125. The van der Waals surface area contributed by atoms with E-state index >= 15 is 0 Å². The summed E-state index contributed by atoms with van der Waals surface area (Å²) in [4.78, 5) is 26.5. The molecule has 3 aromatic carbocycles. The molecule has 5 aromatic rings. The van der Waals surface area contributed by atoms with Crippen LogP contribution in [-0.2, 0) is 11.2 Å². The molecule has 36 heavy (non-hydrogen) atoms. The Bertz CT molecular complexity index is 1640. The molecular formula is C28H27N5O2S. The molecule has 0 atom stereocenters. The molecular weight excluding hydrogens is 470 g/mol. The van der Waals surface area contributed by atoms with Crippen molar-refractivity contribution in [2.24, 2.45) is 0 Å². The van der Waals surface area contributed by atoms with Gasteiger partial charge in [0.15, 0.2) is 5.16 Å². The summed E-state index contributed by atoms with van der Waals surface area (Å²) in [6, 6.07) is 23.1. The largest absolute Gasteiger partial charge is 0.325 e. The van der Waals surface area contributed by atoms with E-state index in [1.165, 1.54) is 11.8 Å². The molecule has 0 fully saturated rings. The van der Waals surface area contributed by atoms with Crippen LogP contribution in [0.4, 0.5) is 5.69 Å². The van der Waals surface area contributed by atoms with Crippen molar-refractivity contribution >= 4 is 40.0 Å². The first kappa shape index (κ1) is 23.8. The average Bonchev–Trinajstić information content (AvgIpc) is 3.32. The fraction of sp³-hybridized carbons (Fsp3) is 0.214. The number of nitrogens with one attached hydrogen (secondary N) is 1. The van der Waals surface area contributed by atoms with Crippen LogP contribution in [0.3, 0.4) is 0 Å². The molecule has 1 N–H and O–H groups in total. The van der Waals surface area contributed by atoms with Crippen LogP contribution in [0.5, 0.6) is 0 Å². The van der Waals surface area contributed by atoms with Gasteiger partial charge in [-0.05, 0) is 47.7 Å². The van der Waals surface area contributed by atoms with Gasteiger partial charge in [0.1, 0.15) is 0 Å². The number of hydrogen-bond donors (Lipinski definition) is 1. The van der Waals surface area contributed by atoms with Crippen molar-refractivity contribution < 1.29 is 4.79 Å². The molecule has 0 spiro atoms. The molecule has 0 aliphatic rings. The fourth-order valence-corrected chi connectivity index (χ4v) is 5.18. The zero-order chi connectivity index (χ0) is 25.2. The van der Waals surface area contributed by atoms with Crippen molar-refractivity contribution in [1.29, 1.82) is 0 Å². The molecule has 0 aliphatic carbocycles. The van der Waals surface area contributed by atoms with E-state index in [1.807, 2.05) is 77.2 Å². The van der Waals surface area contributed by atoms with Crippen LogP contribution in [-0.4, -0.2) is 30.8 Å². The number of amides is 1. The Morgan fingerprint density at radius 3 is 2.50 bits per heavy atom. The molecule has 5 rings (SSSR count). The van der Waals surface area contributed by atoms with Gasteiger partial charge in [-0.1, -0.05) is 81.1 Å². The first-order chi connectivity index (χ1) is 17.5. The van der Waals surface area contributed by atoms with Gasteiger partial charge in [-0.3, -0.25) is 14.0 Å². The van der Waals surface area contributed by atoms with Gasteiger partial charge in [-0.15, -0.1) is 10.2 Å². The highest BCUT2D eigenvalue weighted by atomic mass is 32.2. The minimum atomic E-state index is -0.149. The number of nitrogens with zero attached hydrogens (tertiary/aromatic N) is 4. The molecule has 2 aromatic heterocycles. The van der Waals surface area contributed by atoms with E-state index in [2.05, 4.69) is 36.3 Å². The first-order valence-corrected chi connectivity index (χ1v) is 13.0. The summed E-state index contributed by atoms with van der Waals surface area (Å²) >= 11 is 1.29. The highest BCUT2D eigenvalue weighted by molar-refractivity contribution is 7.99. The molecule has 7 nitrogen and oxygen atoms in total. The van der Waals surface area contributed by atoms with Crippen LogP contribution in [0, 0.1) is 0 Å². The maximum Gasteiger partial charge on any atom is 0.267 e. The molecule has 0 saturated carbocycles. The smallest absolute Gasteiger partial charge is 0.267 e. The third-order valence-electron chi connectivity index (χ3n) is 6.20. The van der Waals surface area contributed by atoms with E-state index in [0.717, 1.165) is 28.9 Å². The molecule has 2 heterocycles. The second-order valence-electron chi connectivity index (χ2n) is 8.84. The monoisotopic (exact) mass is 497 g/mol. The maximum absolute atomic E-state index is 13.7. The normalized spacial score (nSPS) is 11.4. The van der Waals surface area contributed by atoms with Gasteiger partial charge in [-0.2, -0.15) is 0 Å². The Morgan fingerprint density at radius 2 is 1.69 bits per heavy atom. The molecule has 0 bridgehead atoms. The Hall–Kier alpha value is -3.91. The number of rotatable bonds is 7. The summed E-state index contributed by atoms with van der Waals surface area (Å²) < 4.78 is 3.50. The highest BCUT2D eigenvalue weighted by Gasteiger charge is 2.20. The van der Waals surface area contributed by atoms with Gasteiger partial charge in [0, 0.05) is 5.69 Å². The van der Waals surface area contributed by atoms with Gasteiger partial charge in [-0.25, -0.2) is 4.57 Å². The Balaban J connectivity index is 1.58. The standard InChI is InChI=1S/C28H27N5O2S/c1-4-19-11-5-8-14-22(19)29-25(34)17-36-28-31-30-27-32(23-15-9-6-12-20(23)18(2)3)26(35)21-13-7-10-16-24(21)33(27)28/h5-16,18H,4,17H2,1-3H3,(H,29,34). The number of carbonyl (C=O) groups is 1. The van der Waals surface area contributed by atoms with Gasteiger partial charge >= 0.3 is 0 Å². The number of fused-ring (bicyclic) bond motifs is 3. The van der Waals surface area contributed by atoms with Crippen molar-refractivity contribution in [3.8, 4) is 5.69 Å². The Labute approximate surface area is 213 Å². The predicted molar refractivity (Wildman–Crippen MR) is 145 cm³/mol. The molecule has 0 saturated heterocycles. The van der Waals surface area contributed by atoms with Crippen LogP contribution in [0.2, 0.25) is 0 Å². The lowest BCUT2D eigenvalue weighted by atomic mass is 10.0. The second kappa shape index (κ2) is 9.99. The average molecular weight is 498 g/mol. The lowest BCUT2D eigenvalue weighted by molar-refractivity contribution is -0.113. The fourth-order valence-electron chi connectivity index (χ4n) is 4.44. The zero-order valence-electron chi connectivity index (χ0n) is 20.4. The number of thioether (sulfide) groups is 1. The van der Waals surface area contributed by atoms with Crippen LogP contribution >= 0.6 is 11.8 Å². The van der Waals surface area contributed by atoms with Crippen molar-refractivity contribution in [3.05, 3.63) is 94.3 Å². The molecule has 0 radical (unpaired) electrons.